The van der Waals surface area contributed by atoms with Crippen molar-refractivity contribution in [2.24, 2.45) is 0 Å². The van der Waals surface area contributed by atoms with E-state index < -0.39 is 4.92 Å². The van der Waals surface area contributed by atoms with Crippen molar-refractivity contribution in [2.45, 2.75) is 13.8 Å². The van der Waals surface area contributed by atoms with E-state index in [-0.39, 0.29) is 17.3 Å². The normalized spacial score (nSPS) is 10.4. The second-order valence-electron chi connectivity index (χ2n) is 5.99. The zero-order chi connectivity index (χ0) is 18.7. The van der Waals surface area contributed by atoms with Crippen molar-refractivity contribution in [1.82, 2.24) is 9.97 Å². The summed E-state index contributed by atoms with van der Waals surface area (Å²) >= 11 is 0. The van der Waals surface area contributed by atoms with E-state index in [4.69, 9.17) is 0 Å². The molecule has 0 amide bonds. The van der Waals surface area contributed by atoms with Crippen molar-refractivity contribution in [3.63, 3.8) is 0 Å². The molecule has 0 aliphatic heterocycles. The van der Waals surface area contributed by atoms with Gasteiger partial charge in [0.15, 0.2) is 0 Å². The van der Waals surface area contributed by atoms with E-state index in [1.54, 1.807) is 11.9 Å². The summed E-state index contributed by atoms with van der Waals surface area (Å²) in [7, 11) is 1.74. The molecule has 2 aromatic carbocycles. The van der Waals surface area contributed by atoms with Crippen LogP contribution in [0.3, 0.4) is 0 Å². The van der Waals surface area contributed by atoms with Crippen molar-refractivity contribution in [1.29, 1.82) is 0 Å². The fourth-order valence-electron chi connectivity index (χ4n) is 2.65. The third kappa shape index (κ3) is 3.46. The van der Waals surface area contributed by atoms with Gasteiger partial charge < -0.3 is 10.2 Å². The molecule has 0 saturated heterocycles. The lowest BCUT2D eigenvalue weighted by Gasteiger charge is -2.19. The molecule has 0 unspecified atom stereocenters. The van der Waals surface area contributed by atoms with Crippen LogP contribution in [0.2, 0.25) is 0 Å². The summed E-state index contributed by atoms with van der Waals surface area (Å²) in [6.07, 6.45) is 1.33. The molecule has 0 spiro atoms. The van der Waals surface area contributed by atoms with Crippen molar-refractivity contribution in [3.8, 4) is 0 Å². The zero-order valence-electron chi connectivity index (χ0n) is 14.8. The maximum Gasteiger partial charge on any atom is 0.354 e. The van der Waals surface area contributed by atoms with E-state index in [1.807, 2.05) is 62.4 Å². The quantitative estimate of drug-likeness (QED) is 0.539. The number of anilines is 4. The van der Waals surface area contributed by atoms with Crippen LogP contribution in [-0.2, 0) is 0 Å². The number of rotatable bonds is 5. The molecule has 1 aromatic heterocycles. The Hall–Kier alpha value is -3.48. The van der Waals surface area contributed by atoms with Crippen LogP contribution < -0.4 is 10.2 Å². The fraction of sp³-hybridized carbons (Fsp3) is 0.158. The molecule has 7 heteroatoms. The molecule has 0 aliphatic rings. The summed E-state index contributed by atoms with van der Waals surface area (Å²) in [4.78, 5) is 21.3. The first-order valence-corrected chi connectivity index (χ1v) is 8.10. The Labute approximate surface area is 151 Å². The Bertz CT molecular complexity index is 944. The molecule has 7 nitrogen and oxygen atoms in total. The van der Waals surface area contributed by atoms with Gasteiger partial charge in [0.25, 0.3) is 0 Å². The molecule has 0 bridgehead atoms. The van der Waals surface area contributed by atoms with Gasteiger partial charge in [-0.1, -0.05) is 30.3 Å². The summed E-state index contributed by atoms with van der Waals surface area (Å²) < 4.78 is 0. The molecule has 3 aromatic rings. The molecule has 0 saturated carbocycles. The largest absolute Gasteiger partial charge is 0.354 e. The summed E-state index contributed by atoms with van der Waals surface area (Å²) in [6.45, 7) is 3.90. The van der Waals surface area contributed by atoms with Gasteiger partial charge in [-0.3, -0.25) is 10.1 Å². The fourth-order valence-corrected chi connectivity index (χ4v) is 2.65. The minimum Gasteiger partial charge on any atom is -0.334 e. The van der Waals surface area contributed by atoms with Crippen LogP contribution in [0.4, 0.5) is 28.7 Å². The summed E-state index contributed by atoms with van der Waals surface area (Å²) in [6, 6.07) is 15.2. The highest BCUT2D eigenvalue weighted by Gasteiger charge is 2.26. The first-order chi connectivity index (χ1) is 12.5. The number of hydrogen-bond donors (Lipinski definition) is 1. The molecule has 0 fully saturated rings. The predicted octanol–water partition coefficient (Wildman–Crippen LogP) is 4.51. The van der Waals surface area contributed by atoms with Crippen LogP contribution in [0.1, 0.15) is 11.1 Å². The number of aromatic nitrogens is 2. The van der Waals surface area contributed by atoms with Gasteiger partial charge in [-0.2, -0.15) is 0 Å². The minimum atomic E-state index is -0.456. The van der Waals surface area contributed by atoms with E-state index in [1.165, 1.54) is 6.33 Å². The van der Waals surface area contributed by atoms with Crippen LogP contribution in [-0.4, -0.2) is 21.9 Å². The van der Waals surface area contributed by atoms with Crippen LogP contribution >= 0.6 is 0 Å². The topological polar surface area (TPSA) is 84.2 Å². The van der Waals surface area contributed by atoms with Crippen LogP contribution in [0, 0.1) is 24.0 Å². The second-order valence-corrected chi connectivity index (χ2v) is 5.99. The van der Waals surface area contributed by atoms with Crippen LogP contribution in [0.15, 0.2) is 54.9 Å². The number of hydrogen-bond acceptors (Lipinski definition) is 6. The Kier molecular flexibility index (Phi) is 4.79. The van der Waals surface area contributed by atoms with Gasteiger partial charge in [0.05, 0.1) is 4.92 Å². The molecule has 0 aliphatic carbocycles. The first kappa shape index (κ1) is 17.3. The summed E-state index contributed by atoms with van der Waals surface area (Å²) in [5, 5.41) is 14.9. The molecule has 1 N–H and O–H groups in total. The SMILES string of the molecule is Cc1ccc(C)c(Nc2ncnc(N(C)c3ccccc3)c2[N+](=O)[O-])c1. The molecule has 3 rings (SSSR count). The smallest absolute Gasteiger partial charge is 0.334 e. The lowest BCUT2D eigenvalue weighted by atomic mass is 10.1. The van der Waals surface area contributed by atoms with E-state index >= 15 is 0 Å². The van der Waals surface area contributed by atoms with Gasteiger partial charge in [-0.05, 0) is 43.2 Å². The summed E-state index contributed by atoms with van der Waals surface area (Å²) in [5.41, 5.74) is 3.43. The van der Waals surface area contributed by atoms with Gasteiger partial charge in [0.1, 0.15) is 6.33 Å². The number of nitro groups is 1. The van der Waals surface area contributed by atoms with E-state index in [9.17, 15) is 10.1 Å². The Balaban J connectivity index is 2.07. The van der Waals surface area contributed by atoms with Gasteiger partial charge in [-0.25, -0.2) is 9.97 Å². The molecular formula is C19H19N5O2. The van der Waals surface area contributed by atoms with Crippen molar-refractivity contribution in [3.05, 3.63) is 76.1 Å². The molecule has 0 atom stereocenters. The number of para-hydroxylation sites is 1. The average Bonchev–Trinajstić information content (AvgIpc) is 2.64. The lowest BCUT2D eigenvalue weighted by Crippen LogP contribution is -2.15. The van der Waals surface area contributed by atoms with Crippen molar-refractivity contribution < 1.29 is 4.92 Å². The van der Waals surface area contributed by atoms with Crippen LogP contribution in [0.25, 0.3) is 0 Å². The van der Waals surface area contributed by atoms with Crippen LogP contribution in [0.5, 0.6) is 0 Å². The van der Waals surface area contributed by atoms with Gasteiger partial charge in [-0.15, -0.1) is 0 Å². The van der Waals surface area contributed by atoms with Gasteiger partial charge in [0.2, 0.25) is 11.6 Å². The van der Waals surface area contributed by atoms with Crippen molar-refractivity contribution in [2.75, 3.05) is 17.3 Å². The number of nitrogens with zero attached hydrogens (tertiary/aromatic N) is 4. The monoisotopic (exact) mass is 349 g/mol. The Morgan fingerprint density at radius 3 is 2.50 bits per heavy atom. The molecule has 1 heterocycles. The van der Waals surface area contributed by atoms with E-state index in [0.717, 1.165) is 22.5 Å². The number of benzene rings is 2. The van der Waals surface area contributed by atoms with E-state index in [2.05, 4.69) is 15.3 Å². The minimum absolute atomic E-state index is 0.163. The highest BCUT2D eigenvalue weighted by molar-refractivity contribution is 5.78. The maximum atomic E-state index is 11.8. The third-order valence-electron chi connectivity index (χ3n) is 4.09. The number of nitrogens with one attached hydrogen (secondary N) is 1. The molecule has 0 radical (unpaired) electrons. The van der Waals surface area contributed by atoms with Gasteiger partial charge in [0, 0.05) is 18.4 Å². The third-order valence-corrected chi connectivity index (χ3v) is 4.09. The second kappa shape index (κ2) is 7.18. The predicted molar refractivity (Wildman–Crippen MR) is 102 cm³/mol. The standard InChI is InChI=1S/C19H19N5O2/c1-13-9-10-14(2)16(11-13)22-18-17(24(25)26)19(21-12-20-18)23(3)15-7-5-4-6-8-15/h4-12H,1-3H3,(H,20,21,22). The molecule has 132 valence electrons. The Morgan fingerprint density at radius 2 is 1.81 bits per heavy atom. The number of aryl methyl sites for hydroxylation is 2. The lowest BCUT2D eigenvalue weighted by molar-refractivity contribution is -0.383. The van der Waals surface area contributed by atoms with E-state index in [0.29, 0.717) is 0 Å². The van der Waals surface area contributed by atoms with Crippen molar-refractivity contribution >= 4 is 28.7 Å². The highest BCUT2D eigenvalue weighted by Crippen LogP contribution is 2.36. The average molecular weight is 349 g/mol. The maximum absolute atomic E-state index is 11.8. The Morgan fingerprint density at radius 1 is 1.08 bits per heavy atom. The summed E-state index contributed by atoms with van der Waals surface area (Å²) in [5.74, 6) is 0.389. The molecular weight excluding hydrogens is 330 g/mol. The zero-order valence-corrected chi connectivity index (χ0v) is 14.8. The van der Waals surface area contributed by atoms with Gasteiger partial charge >= 0.3 is 5.69 Å². The first-order valence-electron chi connectivity index (χ1n) is 8.10. The highest BCUT2D eigenvalue weighted by atomic mass is 16.6. The molecule has 26 heavy (non-hydrogen) atoms.